The quantitative estimate of drug-likeness (QED) is 0.387. The molecule has 84 valence electrons. The number of carbonyl (C=O) groups excluding carboxylic acids is 1. The molecule has 0 aromatic rings. The van der Waals surface area contributed by atoms with Gasteiger partial charge in [0, 0.05) is 13.2 Å². The summed E-state index contributed by atoms with van der Waals surface area (Å²) in [5.41, 5.74) is -1.33. The van der Waals surface area contributed by atoms with E-state index in [0.717, 1.165) is 0 Å². The van der Waals surface area contributed by atoms with Gasteiger partial charge in [0.15, 0.2) is 0 Å². The van der Waals surface area contributed by atoms with Crippen LogP contribution < -0.4 is 0 Å². The first-order valence-corrected chi connectivity index (χ1v) is 4.57. The second-order valence-corrected chi connectivity index (χ2v) is 3.54. The zero-order chi connectivity index (χ0) is 11.2. The first-order valence-electron chi connectivity index (χ1n) is 4.57. The Morgan fingerprint density at radius 3 is 1.71 bits per heavy atom. The number of aliphatic hydroxyl groups excluding tert-OH is 4. The summed E-state index contributed by atoms with van der Waals surface area (Å²) >= 11 is 0. The van der Waals surface area contributed by atoms with Gasteiger partial charge in [0.2, 0.25) is 0 Å². The Morgan fingerprint density at radius 2 is 1.50 bits per heavy atom. The lowest BCUT2D eigenvalue weighted by atomic mass is 9.77. The zero-order valence-electron chi connectivity index (χ0n) is 8.26. The van der Waals surface area contributed by atoms with Crippen molar-refractivity contribution < 1.29 is 25.2 Å². The lowest BCUT2D eigenvalue weighted by Crippen LogP contribution is -2.45. The van der Waals surface area contributed by atoms with Gasteiger partial charge >= 0.3 is 0 Å². The predicted octanol–water partition coefficient (Wildman–Crippen LogP) is -1.32. The van der Waals surface area contributed by atoms with Crippen LogP contribution in [-0.4, -0.2) is 52.1 Å². The van der Waals surface area contributed by atoms with Gasteiger partial charge in [-0.05, 0) is 19.8 Å². The fourth-order valence-corrected chi connectivity index (χ4v) is 1.25. The highest BCUT2D eigenvalue weighted by molar-refractivity contribution is 5.60. The van der Waals surface area contributed by atoms with Crippen molar-refractivity contribution in [1.82, 2.24) is 0 Å². The van der Waals surface area contributed by atoms with Crippen LogP contribution in [0.25, 0.3) is 0 Å². The van der Waals surface area contributed by atoms with Crippen molar-refractivity contribution in [2.24, 2.45) is 5.41 Å². The molecule has 0 rings (SSSR count). The standard InChI is InChI=1S/C9H18O5/c1-9(6-12,7(13)2-4-10)8(14)3-5-11/h6-8,10-11,13-14H,2-5H2,1H3. The van der Waals surface area contributed by atoms with Crippen molar-refractivity contribution in [3.63, 3.8) is 0 Å². The lowest BCUT2D eigenvalue weighted by Gasteiger charge is -2.33. The summed E-state index contributed by atoms with van der Waals surface area (Å²) in [5.74, 6) is 0. The molecule has 2 atom stereocenters. The molecule has 2 unspecified atom stereocenters. The molecule has 0 aliphatic rings. The molecule has 14 heavy (non-hydrogen) atoms. The predicted molar refractivity (Wildman–Crippen MR) is 49.6 cm³/mol. The van der Waals surface area contributed by atoms with Gasteiger partial charge in [-0.3, -0.25) is 0 Å². The Kier molecular flexibility index (Phi) is 5.87. The van der Waals surface area contributed by atoms with E-state index in [1.807, 2.05) is 0 Å². The van der Waals surface area contributed by atoms with Gasteiger partial charge in [-0.25, -0.2) is 0 Å². The first kappa shape index (κ1) is 13.5. The van der Waals surface area contributed by atoms with Crippen LogP contribution >= 0.6 is 0 Å². The van der Waals surface area contributed by atoms with Crippen molar-refractivity contribution in [3.8, 4) is 0 Å². The summed E-state index contributed by atoms with van der Waals surface area (Å²) in [4.78, 5) is 10.8. The normalized spacial score (nSPS) is 19.8. The molecule has 5 nitrogen and oxygen atoms in total. The van der Waals surface area contributed by atoms with Gasteiger partial charge in [0.1, 0.15) is 6.29 Å². The van der Waals surface area contributed by atoms with Gasteiger partial charge < -0.3 is 25.2 Å². The van der Waals surface area contributed by atoms with Crippen molar-refractivity contribution >= 4 is 6.29 Å². The molecule has 0 aliphatic heterocycles. The molecule has 0 amide bonds. The number of hydrogen-bond donors (Lipinski definition) is 4. The van der Waals surface area contributed by atoms with E-state index in [0.29, 0.717) is 6.29 Å². The summed E-state index contributed by atoms with van der Waals surface area (Å²) in [6.45, 7) is 0.896. The maximum Gasteiger partial charge on any atom is 0.131 e. The fraction of sp³-hybridized carbons (Fsp3) is 0.889. The third-order valence-corrected chi connectivity index (χ3v) is 2.50. The minimum Gasteiger partial charge on any atom is -0.396 e. The molecule has 0 saturated heterocycles. The third-order valence-electron chi connectivity index (χ3n) is 2.50. The van der Waals surface area contributed by atoms with E-state index >= 15 is 0 Å². The topological polar surface area (TPSA) is 98.0 Å². The molecule has 0 fully saturated rings. The summed E-state index contributed by atoms with van der Waals surface area (Å²) in [6.07, 6.45) is -1.69. The largest absolute Gasteiger partial charge is 0.396 e. The molecule has 0 radical (unpaired) electrons. The van der Waals surface area contributed by atoms with Crippen molar-refractivity contribution in [3.05, 3.63) is 0 Å². The van der Waals surface area contributed by atoms with Crippen LogP contribution in [-0.2, 0) is 4.79 Å². The van der Waals surface area contributed by atoms with Gasteiger partial charge in [0.05, 0.1) is 17.6 Å². The van der Waals surface area contributed by atoms with Gasteiger partial charge in [-0.2, -0.15) is 0 Å². The highest BCUT2D eigenvalue weighted by atomic mass is 16.3. The Labute approximate surface area is 83.0 Å². The molecule has 0 heterocycles. The van der Waals surface area contributed by atoms with Gasteiger partial charge in [0.25, 0.3) is 0 Å². The Morgan fingerprint density at radius 1 is 1.14 bits per heavy atom. The highest BCUT2D eigenvalue weighted by Crippen LogP contribution is 2.27. The Bertz CT molecular complexity index is 159. The molecule has 0 aromatic heterocycles. The molecule has 0 spiro atoms. The van der Waals surface area contributed by atoms with Crippen molar-refractivity contribution in [2.45, 2.75) is 32.0 Å². The minimum absolute atomic E-state index is 0.0255. The van der Waals surface area contributed by atoms with Crippen LogP contribution in [0.4, 0.5) is 0 Å². The summed E-state index contributed by atoms with van der Waals surface area (Å²) in [5, 5.41) is 36.3. The second-order valence-electron chi connectivity index (χ2n) is 3.54. The van der Waals surface area contributed by atoms with E-state index in [1.165, 1.54) is 6.92 Å². The Hall–Kier alpha value is -0.490. The smallest absolute Gasteiger partial charge is 0.131 e. The van der Waals surface area contributed by atoms with Crippen LogP contribution in [0.2, 0.25) is 0 Å². The summed E-state index contributed by atoms with van der Waals surface area (Å²) in [6, 6.07) is 0. The minimum atomic E-state index is -1.33. The average Bonchev–Trinajstić information content (AvgIpc) is 2.17. The van der Waals surface area contributed by atoms with E-state index in [-0.39, 0.29) is 26.1 Å². The SMILES string of the molecule is CC(C=O)(C(O)CCO)C(O)CCO. The molecule has 0 aliphatic carbocycles. The highest BCUT2D eigenvalue weighted by Gasteiger charge is 2.39. The fourth-order valence-electron chi connectivity index (χ4n) is 1.25. The van der Waals surface area contributed by atoms with E-state index in [2.05, 4.69) is 0 Å². The summed E-state index contributed by atoms with van der Waals surface area (Å²) < 4.78 is 0. The molecule has 0 saturated carbocycles. The van der Waals surface area contributed by atoms with Crippen molar-refractivity contribution in [1.29, 1.82) is 0 Å². The summed E-state index contributed by atoms with van der Waals surface area (Å²) in [7, 11) is 0. The lowest BCUT2D eigenvalue weighted by molar-refractivity contribution is -0.134. The molecular weight excluding hydrogens is 188 g/mol. The third kappa shape index (κ3) is 3.02. The molecular formula is C9H18O5. The van der Waals surface area contributed by atoms with E-state index in [1.54, 1.807) is 0 Å². The van der Waals surface area contributed by atoms with Gasteiger partial charge in [-0.1, -0.05) is 0 Å². The maximum absolute atomic E-state index is 10.8. The number of hydrogen-bond acceptors (Lipinski definition) is 5. The van der Waals surface area contributed by atoms with Gasteiger partial charge in [-0.15, -0.1) is 0 Å². The number of aldehydes is 1. The van der Waals surface area contributed by atoms with Crippen molar-refractivity contribution in [2.75, 3.05) is 13.2 Å². The zero-order valence-corrected chi connectivity index (χ0v) is 8.26. The maximum atomic E-state index is 10.8. The first-order chi connectivity index (χ1) is 6.52. The number of aliphatic hydroxyl groups is 4. The number of carbonyl (C=O) groups is 1. The molecule has 0 aromatic carbocycles. The van der Waals surface area contributed by atoms with Crippen LogP contribution in [0, 0.1) is 5.41 Å². The van der Waals surface area contributed by atoms with Crippen LogP contribution in [0.1, 0.15) is 19.8 Å². The van der Waals surface area contributed by atoms with Crippen LogP contribution in [0.5, 0.6) is 0 Å². The molecule has 5 heteroatoms. The Balaban J connectivity index is 4.50. The molecule has 4 N–H and O–H groups in total. The van der Waals surface area contributed by atoms with E-state index < -0.39 is 17.6 Å². The second kappa shape index (κ2) is 6.08. The number of rotatable bonds is 7. The monoisotopic (exact) mass is 206 g/mol. The van der Waals surface area contributed by atoms with E-state index in [9.17, 15) is 15.0 Å². The van der Waals surface area contributed by atoms with Crippen LogP contribution in [0.3, 0.4) is 0 Å². The molecule has 0 bridgehead atoms. The average molecular weight is 206 g/mol. The van der Waals surface area contributed by atoms with E-state index in [4.69, 9.17) is 10.2 Å². The van der Waals surface area contributed by atoms with Crippen LogP contribution in [0.15, 0.2) is 0 Å².